The van der Waals surface area contributed by atoms with Gasteiger partial charge in [-0.25, -0.2) is 0 Å². The average Bonchev–Trinajstić information content (AvgIpc) is 2.52. The molecular weight excluding hydrogens is 220 g/mol. The molecule has 0 radical (unpaired) electrons. The summed E-state index contributed by atoms with van der Waals surface area (Å²) in [6.07, 6.45) is -0.469. The summed E-state index contributed by atoms with van der Waals surface area (Å²) in [7, 11) is 1.47. The van der Waals surface area contributed by atoms with Crippen LogP contribution < -0.4 is 5.32 Å². The highest BCUT2D eigenvalue weighted by Gasteiger charge is 2.32. The monoisotopic (exact) mass is 234 g/mol. The van der Waals surface area contributed by atoms with E-state index in [9.17, 15) is 9.59 Å². The molecule has 0 aromatic heterocycles. The Bertz CT molecular complexity index is 483. The largest absolute Gasteiger partial charge is 0.392 e. The van der Waals surface area contributed by atoms with Crippen molar-refractivity contribution in [1.82, 2.24) is 4.90 Å². The van der Waals surface area contributed by atoms with E-state index in [2.05, 4.69) is 5.32 Å². The van der Waals surface area contributed by atoms with Crippen LogP contribution in [-0.4, -0.2) is 41.5 Å². The molecule has 5 nitrogen and oxygen atoms in total. The topological polar surface area (TPSA) is 69.6 Å². The minimum Gasteiger partial charge on any atom is -0.392 e. The van der Waals surface area contributed by atoms with Crippen LogP contribution in [0.2, 0.25) is 0 Å². The van der Waals surface area contributed by atoms with E-state index < -0.39 is 6.10 Å². The number of anilines is 1. The van der Waals surface area contributed by atoms with Gasteiger partial charge in [0.1, 0.15) is 0 Å². The van der Waals surface area contributed by atoms with Crippen LogP contribution in [0.1, 0.15) is 27.6 Å². The molecule has 90 valence electrons. The number of fused-ring (bicyclic) bond motifs is 1. The van der Waals surface area contributed by atoms with Crippen LogP contribution in [0, 0.1) is 0 Å². The molecule has 0 saturated heterocycles. The van der Waals surface area contributed by atoms with Gasteiger partial charge in [-0.2, -0.15) is 0 Å². The maximum absolute atomic E-state index is 11.7. The third-order valence-corrected chi connectivity index (χ3v) is 2.69. The lowest BCUT2D eigenvalue weighted by atomic mass is 10.1. The second kappa shape index (κ2) is 4.18. The summed E-state index contributed by atoms with van der Waals surface area (Å²) in [5.41, 5.74) is 1.56. The average molecular weight is 234 g/mol. The van der Waals surface area contributed by atoms with E-state index in [-0.39, 0.29) is 11.8 Å². The predicted octanol–water partition coefficient (Wildman–Crippen LogP) is 0.705. The molecule has 0 saturated carbocycles. The zero-order valence-corrected chi connectivity index (χ0v) is 9.73. The minimum atomic E-state index is -0.469. The first-order valence-corrected chi connectivity index (χ1v) is 5.39. The lowest BCUT2D eigenvalue weighted by Crippen LogP contribution is -2.24. The molecule has 0 bridgehead atoms. The van der Waals surface area contributed by atoms with E-state index in [4.69, 9.17) is 5.11 Å². The van der Waals surface area contributed by atoms with Gasteiger partial charge in [-0.15, -0.1) is 0 Å². The van der Waals surface area contributed by atoms with E-state index in [0.717, 1.165) is 10.6 Å². The van der Waals surface area contributed by atoms with Gasteiger partial charge in [0.2, 0.25) is 0 Å². The third kappa shape index (κ3) is 2.01. The van der Waals surface area contributed by atoms with Crippen molar-refractivity contribution < 1.29 is 14.7 Å². The Kier molecular flexibility index (Phi) is 2.85. The number of nitrogens with zero attached hydrogens (tertiary/aromatic N) is 1. The van der Waals surface area contributed by atoms with Crippen LogP contribution in [0.25, 0.3) is 0 Å². The molecule has 2 rings (SSSR count). The number of nitrogens with one attached hydrogen (secondary N) is 1. The minimum absolute atomic E-state index is 0.271. The molecular formula is C12H14N2O3. The molecule has 0 spiro atoms. The van der Waals surface area contributed by atoms with Gasteiger partial charge >= 0.3 is 0 Å². The van der Waals surface area contributed by atoms with Crippen molar-refractivity contribution in [2.75, 3.05) is 18.9 Å². The van der Waals surface area contributed by atoms with Gasteiger partial charge in [-0.3, -0.25) is 14.5 Å². The molecule has 1 aromatic carbocycles. The molecule has 1 atom stereocenters. The van der Waals surface area contributed by atoms with Gasteiger partial charge < -0.3 is 10.4 Å². The zero-order chi connectivity index (χ0) is 12.6. The Hall–Kier alpha value is -1.88. The third-order valence-electron chi connectivity index (χ3n) is 2.69. The number of carbonyl (C=O) groups is 2. The highest BCUT2D eigenvalue weighted by molar-refractivity contribution is 6.21. The maximum atomic E-state index is 11.7. The normalized spacial score (nSPS) is 16.1. The summed E-state index contributed by atoms with van der Waals surface area (Å²) in [6.45, 7) is 2.07. The Morgan fingerprint density at radius 3 is 2.59 bits per heavy atom. The van der Waals surface area contributed by atoms with Gasteiger partial charge in [0, 0.05) is 19.3 Å². The summed E-state index contributed by atoms with van der Waals surface area (Å²) < 4.78 is 0. The molecule has 2 amide bonds. The summed E-state index contributed by atoms with van der Waals surface area (Å²) in [4.78, 5) is 24.5. The molecule has 1 aliphatic rings. The smallest absolute Gasteiger partial charge is 0.261 e. The van der Waals surface area contributed by atoms with Crippen molar-refractivity contribution in [3.63, 3.8) is 0 Å². The predicted molar refractivity (Wildman–Crippen MR) is 63.0 cm³/mol. The van der Waals surface area contributed by atoms with E-state index in [1.54, 1.807) is 25.1 Å². The first kappa shape index (κ1) is 11.6. The molecule has 5 heteroatoms. The maximum Gasteiger partial charge on any atom is 0.261 e. The second-order valence-electron chi connectivity index (χ2n) is 4.16. The van der Waals surface area contributed by atoms with E-state index >= 15 is 0 Å². The van der Waals surface area contributed by atoms with Crippen LogP contribution in [0.3, 0.4) is 0 Å². The Labute approximate surface area is 99.0 Å². The van der Waals surface area contributed by atoms with Crippen molar-refractivity contribution in [2.45, 2.75) is 13.0 Å². The van der Waals surface area contributed by atoms with Gasteiger partial charge in [0.05, 0.1) is 17.2 Å². The van der Waals surface area contributed by atoms with Crippen molar-refractivity contribution >= 4 is 17.5 Å². The number of rotatable bonds is 3. The fraction of sp³-hybridized carbons (Fsp3) is 0.333. The molecule has 2 N–H and O–H groups in total. The van der Waals surface area contributed by atoms with Crippen molar-refractivity contribution in [3.8, 4) is 0 Å². The highest BCUT2D eigenvalue weighted by Crippen LogP contribution is 2.24. The Balaban J connectivity index is 2.27. The van der Waals surface area contributed by atoms with Gasteiger partial charge in [0.25, 0.3) is 11.8 Å². The highest BCUT2D eigenvalue weighted by atomic mass is 16.3. The zero-order valence-electron chi connectivity index (χ0n) is 9.73. The summed E-state index contributed by atoms with van der Waals surface area (Å²) in [6, 6.07) is 5.00. The summed E-state index contributed by atoms with van der Waals surface area (Å²) in [5.74, 6) is -0.558. The number of hydrogen-bond donors (Lipinski definition) is 2. The van der Waals surface area contributed by atoms with Crippen molar-refractivity contribution in [3.05, 3.63) is 29.3 Å². The quantitative estimate of drug-likeness (QED) is 0.755. The van der Waals surface area contributed by atoms with Gasteiger partial charge in [-0.1, -0.05) is 0 Å². The van der Waals surface area contributed by atoms with E-state index in [1.165, 1.54) is 7.05 Å². The standard InChI is InChI=1S/C12H14N2O3/c1-7(15)6-13-8-3-4-9-10(5-8)12(17)14(2)11(9)16/h3-5,7,13,15H,6H2,1-2H3. The molecule has 1 unspecified atom stereocenters. The van der Waals surface area contributed by atoms with Gasteiger partial charge in [-0.05, 0) is 25.1 Å². The van der Waals surface area contributed by atoms with Crippen LogP contribution in [-0.2, 0) is 0 Å². The lowest BCUT2D eigenvalue weighted by Gasteiger charge is -2.08. The second-order valence-corrected chi connectivity index (χ2v) is 4.16. The first-order chi connectivity index (χ1) is 8.00. The SMILES string of the molecule is CC(O)CNc1ccc2c(c1)C(=O)N(C)C2=O. The Morgan fingerprint density at radius 2 is 1.94 bits per heavy atom. The fourth-order valence-corrected chi connectivity index (χ4v) is 1.74. The first-order valence-electron chi connectivity index (χ1n) is 5.39. The molecule has 1 aliphatic heterocycles. The van der Waals surface area contributed by atoms with E-state index in [0.29, 0.717) is 17.7 Å². The molecule has 1 aromatic rings. The number of amides is 2. The number of aliphatic hydroxyl groups excluding tert-OH is 1. The van der Waals surface area contributed by atoms with Crippen molar-refractivity contribution in [1.29, 1.82) is 0 Å². The lowest BCUT2D eigenvalue weighted by molar-refractivity contribution is 0.0693. The Morgan fingerprint density at radius 1 is 1.29 bits per heavy atom. The van der Waals surface area contributed by atoms with Crippen LogP contribution in [0.4, 0.5) is 5.69 Å². The number of carbonyl (C=O) groups excluding carboxylic acids is 2. The molecule has 0 fully saturated rings. The van der Waals surface area contributed by atoms with Gasteiger partial charge in [0.15, 0.2) is 0 Å². The number of imide groups is 1. The number of benzene rings is 1. The van der Waals surface area contributed by atoms with Crippen LogP contribution >= 0.6 is 0 Å². The van der Waals surface area contributed by atoms with Crippen molar-refractivity contribution in [2.24, 2.45) is 0 Å². The number of hydrogen-bond acceptors (Lipinski definition) is 4. The van der Waals surface area contributed by atoms with E-state index in [1.807, 2.05) is 0 Å². The van der Waals surface area contributed by atoms with Crippen LogP contribution in [0.15, 0.2) is 18.2 Å². The fourth-order valence-electron chi connectivity index (χ4n) is 1.74. The summed E-state index contributed by atoms with van der Waals surface area (Å²) >= 11 is 0. The summed E-state index contributed by atoms with van der Waals surface area (Å²) in [5, 5.41) is 12.1. The molecule has 1 heterocycles. The van der Waals surface area contributed by atoms with Crippen LogP contribution in [0.5, 0.6) is 0 Å². The molecule has 0 aliphatic carbocycles. The number of aliphatic hydroxyl groups is 1. The molecule has 17 heavy (non-hydrogen) atoms.